The van der Waals surface area contributed by atoms with Crippen molar-refractivity contribution in [1.29, 1.82) is 0 Å². The second kappa shape index (κ2) is 10.1. The lowest BCUT2D eigenvalue weighted by atomic mass is 10.1. The largest absolute Gasteiger partial charge is 0.381 e. The van der Waals surface area contributed by atoms with Gasteiger partial charge in [0.25, 0.3) is 15.9 Å². The van der Waals surface area contributed by atoms with Crippen LogP contribution < -0.4 is 4.72 Å². The van der Waals surface area contributed by atoms with Crippen LogP contribution >= 0.6 is 11.6 Å². The minimum absolute atomic E-state index is 0.0777. The number of carbonyl (C=O) groups excluding carboxylic acids is 1. The van der Waals surface area contributed by atoms with Crippen LogP contribution in [0.3, 0.4) is 0 Å². The topological polar surface area (TPSA) is 91.8 Å². The van der Waals surface area contributed by atoms with Gasteiger partial charge in [0, 0.05) is 50.9 Å². The number of para-hydroxylation sites is 1. The van der Waals surface area contributed by atoms with Crippen LogP contribution in [0, 0.1) is 5.92 Å². The third-order valence-corrected chi connectivity index (χ3v) is 8.26. The van der Waals surface area contributed by atoms with Gasteiger partial charge in [0.2, 0.25) is 0 Å². The van der Waals surface area contributed by atoms with E-state index in [0.29, 0.717) is 30.1 Å². The number of aromatic nitrogens is 1. The van der Waals surface area contributed by atoms with E-state index in [1.54, 1.807) is 35.4 Å². The number of nitrogens with one attached hydrogen (secondary N) is 1. The van der Waals surface area contributed by atoms with Crippen LogP contribution in [0.1, 0.15) is 16.8 Å². The Hall–Kier alpha value is -2.72. The molecule has 8 nitrogen and oxygen atoms in total. The number of sulfonamides is 1. The van der Waals surface area contributed by atoms with Gasteiger partial charge in [-0.3, -0.25) is 19.4 Å². The van der Waals surface area contributed by atoms with Gasteiger partial charge in [-0.25, -0.2) is 8.42 Å². The second-order valence-corrected chi connectivity index (χ2v) is 11.0. The highest BCUT2D eigenvalue weighted by atomic mass is 35.5. The predicted molar refractivity (Wildman–Crippen MR) is 135 cm³/mol. The molecule has 1 N–H and O–H groups in total. The number of ether oxygens (including phenoxy) is 1. The average Bonchev–Trinajstić information content (AvgIpc) is 3.37. The van der Waals surface area contributed by atoms with E-state index in [-0.39, 0.29) is 21.5 Å². The van der Waals surface area contributed by atoms with Crippen molar-refractivity contribution in [3.8, 4) is 0 Å². The molecular weight excluding hydrogens is 488 g/mol. The van der Waals surface area contributed by atoms with Crippen molar-refractivity contribution in [3.05, 3.63) is 65.3 Å². The summed E-state index contributed by atoms with van der Waals surface area (Å²) >= 11 is 6.44. The number of piperazine rings is 1. The maximum atomic E-state index is 13.1. The number of fused-ring (bicyclic) bond motifs is 1. The summed E-state index contributed by atoms with van der Waals surface area (Å²) in [6, 6.07) is 13.2. The fourth-order valence-electron chi connectivity index (χ4n) is 4.65. The minimum atomic E-state index is -3.91. The second-order valence-electron chi connectivity index (χ2n) is 8.95. The first-order valence-corrected chi connectivity index (χ1v) is 13.5. The Balaban J connectivity index is 1.26. The van der Waals surface area contributed by atoms with Crippen molar-refractivity contribution in [1.82, 2.24) is 14.8 Å². The Morgan fingerprint density at radius 1 is 1.11 bits per heavy atom. The van der Waals surface area contributed by atoms with Gasteiger partial charge in [0.15, 0.2) is 0 Å². The van der Waals surface area contributed by atoms with Crippen molar-refractivity contribution < 1.29 is 17.9 Å². The smallest absolute Gasteiger partial charge is 0.264 e. The molecule has 1 atom stereocenters. The summed E-state index contributed by atoms with van der Waals surface area (Å²) in [5.41, 5.74) is 1.03. The molecular formula is C25H27ClN4O4S. The molecule has 2 fully saturated rings. The first-order valence-electron chi connectivity index (χ1n) is 11.7. The van der Waals surface area contributed by atoms with Gasteiger partial charge in [-0.05, 0) is 42.7 Å². The minimum Gasteiger partial charge on any atom is -0.381 e. The van der Waals surface area contributed by atoms with Gasteiger partial charge >= 0.3 is 0 Å². The molecule has 1 amide bonds. The van der Waals surface area contributed by atoms with Crippen LogP contribution in [0.5, 0.6) is 0 Å². The highest BCUT2D eigenvalue weighted by Gasteiger charge is 2.27. The Labute approximate surface area is 209 Å². The fraction of sp³-hybridized carbons (Fsp3) is 0.360. The van der Waals surface area contributed by atoms with Crippen LogP contribution in [-0.4, -0.2) is 75.0 Å². The number of nitrogens with zero attached hydrogens (tertiary/aromatic N) is 3. The van der Waals surface area contributed by atoms with Crippen molar-refractivity contribution in [2.75, 3.05) is 50.7 Å². The summed E-state index contributed by atoms with van der Waals surface area (Å²) in [5.74, 6) is 0.430. The molecule has 184 valence electrons. The first kappa shape index (κ1) is 24.0. The molecule has 0 radical (unpaired) electrons. The summed E-state index contributed by atoms with van der Waals surface area (Å²) in [6.07, 6.45) is 2.66. The molecule has 5 rings (SSSR count). The van der Waals surface area contributed by atoms with E-state index in [0.717, 1.165) is 44.7 Å². The molecule has 1 aromatic heterocycles. The summed E-state index contributed by atoms with van der Waals surface area (Å²) in [7, 11) is -3.91. The quantitative estimate of drug-likeness (QED) is 0.541. The molecule has 2 aliphatic heterocycles. The lowest BCUT2D eigenvalue weighted by Crippen LogP contribution is -2.49. The molecule has 0 aliphatic carbocycles. The van der Waals surface area contributed by atoms with Gasteiger partial charge in [-0.2, -0.15) is 0 Å². The molecule has 2 saturated heterocycles. The molecule has 1 unspecified atom stereocenters. The average molecular weight is 515 g/mol. The molecule has 10 heteroatoms. The number of hydrogen-bond donors (Lipinski definition) is 1. The van der Waals surface area contributed by atoms with Crippen molar-refractivity contribution in [2.24, 2.45) is 5.92 Å². The zero-order valence-electron chi connectivity index (χ0n) is 19.2. The van der Waals surface area contributed by atoms with Gasteiger partial charge in [-0.15, -0.1) is 0 Å². The fourth-order valence-corrected chi connectivity index (χ4v) is 6.14. The predicted octanol–water partition coefficient (Wildman–Crippen LogP) is 3.48. The van der Waals surface area contributed by atoms with Gasteiger partial charge in [-0.1, -0.05) is 29.8 Å². The molecule has 0 bridgehead atoms. The molecule has 0 spiro atoms. The lowest BCUT2D eigenvalue weighted by molar-refractivity contribution is 0.0611. The number of benzene rings is 2. The van der Waals surface area contributed by atoms with Crippen molar-refractivity contribution in [2.45, 2.75) is 11.3 Å². The number of anilines is 1. The number of hydrogen-bond acceptors (Lipinski definition) is 6. The Kier molecular flexibility index (Phi) is 6.93. The summed E-state index contributed by atoms with van der Waals surface area (Å²) in [6.45, 7) is 5.56. The van der Waals surface area contributed by atoms with E-state index in [4.69, 9.17) is 16.3 Å². The number of halogens is 1. The summed E-state index contributed by atoms with van der Waals surface area (Å²) < 4.78 is 34.2. The van der Waals surface area contributed by atoms with Crippen molar-refractivity contribution in [3.63, 3.8) is 0 Å². The molecule has 2 aliphatic rings. The number of carbonyl (C=O) groups is 1. The van der Waals surface area contributed by atoms with Gasteiger partial charge in [0.05, 0.1) is 28.4 Å². The van der Waals surface area contributed by atoms with E-state index in [2.05, 4.69) is 14.6 Å². The summed E-state index contributed by atoms with van der Waals surface area (Å²) in [4.78, 5) is 21.6. The normalized spacial score (nSPS) is 19.2. The first-order chi connectivity index (χ1) is 16.9. The third-order valence-electron chi connectivity index (χ3n) is 6.54. The van der Waals surface area contributed by atoms with E-state index in [1.165, 1.54) is 12.1 Å². The zero-order valence-corrected chi connectivity index (χ0v) is 20.8. The van der Waals surface area contributed by atoms with Gasteiger partial charge < -0.3 is 9.64 Å². The van der Waals surface area contributed by atoms with Crippen molar-refractivity contribution >= 4 is 44.1 Å². The Morgan fingerprint density at radius 3 is 2.66 bits per heavy atom. The van der Waals surface area contributed by atoms with Crippen LogP contribution in [0.4, 0.5) is 5.69 Å². The number of amides is 1. The van der Waals surface area contributed by atoms with Crippen LogP contribution in [0.2, 0.25) is 5.02 Å². The van der Waals surface area contributed by atoms with E-state index < -0.39 is 10.0 Å². The third kappa shape index (κ3) is 5.28. The van der Waals surface area contributed by atoms with Gasteiger partial charge in [0.1, 0.15) is 4.90 Å². The zero-order chi connectivity index (χ0) is 24.4. The molecule has 3 aromatic rings. The van der Waals surface area contributed by atoms with E-state index in [1.807, 2.05) is 12.1 Å². The maximum Gasteiger partial charge on any atom is 0.264 e. The SMILES string of the molecule is O=C(c1ccc(NS(=O)(=O)c2cccc3cccnc23)cc1Cl)N1CCN(CC2CCOC2)CC1. The lowest BCUT2D eigenvalue weighted by Gasteiger charge is -2.36. The number of pyridine rings is 1. The van der Waals surface area contributed by atoms with Crippen LogP contribution in [-0.2, 0) is 14.8 Å². The highest BCUT2D eigenvalue weighted by Crippen LogP contribution is 2.27. The molecule has 0 saturated carbocycles. The molecule has 35 heavy (non-hydrogen) atoms. The molecule has 3 heterocycles. The number of rotatable bonds is 6. The van der Waals surface area contributed by atoms with Crippen LogP contribution in [0.15, 0.2) is 59.6 Å². The highest BCUT2D eigenvalue weighted by molar-refractivity contribution is 7.93. The maximum absolute atomic E-state index is 13.1. The summed E-state index contributed by atoms with van der Waals surface area (Å²) in [5, 5.41) is 0.933. The van der Waals surface area contributed by atoms with E-state index in [9.17, 15) is 13.2 Å². The van der Waals surface area contributed by atoms with E-state index >= 15 is 0 Å². The Bertz CT molecular complexity index is 1330. The Morgan fingerprint density at radius 2 is 1.91 bits per heavy atom. The standard InChI is InChI=1S/C25H27ClN4O4S/c26-22-15-20(28-35(32,33)23-5-1-3-19-4-2-9-27-24(19)23)6-7-21(22)25(31)30-12-10-29(11-13-30)16-18-8-14-34-17-18/h1-7,9,15,18,28H,8,10-14,16-17H2. The monoisotopic (exact) mass is 514 g/mol. The van der Waals surface area contributed by atoms with Crippen LogP contribution in [0.25, 0.3) is 10.9 Å². The molecule has 2 aromatic carbocycles.